The van der Waals surface area contributed by atoms with E-state index in [2.05, 4.69) is 161 Å². The summed E-state index contributed by atoms with van der Waals surface area (Å²) in [5, 5.41) is 4.92. The highest BCUT2D eigenvalue weighted by Crippen LogP contribution is 2.46. The Morgan fingerprint density at radius 3 is 2.00 bits per heavy atom. The van der Waals surface area contributed by atoms with Gasteiger partial charge in [-0.2, -0.15) is 0 Å². The summed E-state index contributed by atoms with van der Waals surface area (Å²) in [4.78, 5) is 7.29. The highest BCUT2D eigenvalue weighted by atomic mass is 16.3. The van der Waals surface area contributed by atoms with Crippen LogP contribution in [0.5, 0.6) is 0 Å². The number of oxazole rings is 1. The average molecular weight is 654 g/mol. The molecule has 0 aliphatic heterocycles. The van der Waals surface area contributed by atoms with Crippen molar-refractivity contribution in [2.75, 3.05) is 4.90 Å². The summed E-state index contributed by atoms with van der Waals surface area (Å²) in [6.07, 6.45) is 0. The lowest BCUT2D eigenvalue weighted by molar-refractivity contribution is 0.620. The predicted octanol–water partition coefficient (Wildman–Crippen LogP) is 12.9. The number of hydrogen-bond acceptors (Lipinski definition) is 3. The summed E-state index contributed by atoms with van der Waals surface area (Å²) in [6, 6.07) is 66.2. The van der Waals surface area contributed by atoms with Crippen LogP contribution in [-0.2, 0) is 0 Å². The van der Waals surface area contributed by atoms with Crippen molar-refractivity contribution >= 4 is 60.7 Å². The molecule has 0 bridgehead atoms. The van der Waals surface area contributed by atoms with Crippen LogP contribution >= 0.6 is 0 Å². The molecule has 0 fully saturated rings. The number of benzene rings is 8. The molecule has 4 heteroatoms. The Hall–Kier alpha value is -6.91. The molecule has 0 unspecified atom stereocenters. The Bertz CT molecular complexity index is 2850. The zero-order chi connectivity index (χ0) is 33.7. The minimum absolute atomic E-state index is 0.598. The molecule has 240 valence electrons. The first-order valence-electron chi connectivity index (χ1n) is 17.2. The van der Waals surface area contributed by atoms with E-state index in [9.17, 15) is 0 Å². The molecule has 0 spiro atoms. The van der Waals surface area contributed by atoms with Crippen molar-refractivity contribution in [1.29, 1.82) is 0 Å². The maximum absolute atomic E-state index is 6.67. The lowest BCUT2D eigenvalue weighted by atomic mass is 10.0. The van der Waals surface area contributed by atoms with Crippen LogP contribution in [0.1, 0.15) is 0 Å². The van der Waals surface area contributed by atoms with E-state index < -0.39 is 0 Å². The van der Waals surface area contributed by atoms with Gasteiger partial charge < -0.3 is 13.9 Å². The fourth-order valence-electron chi connectivity index (χ4n) is 7.52. The summed E-state index contributed by atoms with van der Waals surface area (Å²) in [5.41, 5.74) is 11.1. The molecule has 0 saturated heterocycles. The van der Waals surface area contributed by atoms with Crippen LogP contribution in [0.15, 0.2) is 192 Å². The molecule has 2 aromatic heterocycles. The van der Waals surface area contributed by atoms with Crippen LogP contribution in [0.3, 0.4) is 0 Å². The largest absolute Gasteiger partial charge is 0.434 e. The van der Waals surface area contributed by atoms with E-state index in [1.54, 1.807) is 0 Å². The molecule has 0 saturated carbocycles. The summed E-state index contributed by atoms with van der Waals surface area (Å²) < 4.78 is 9.07. The number of hydrogen-bond donors (Lipinski definition) is 0. The lowest BCUT2D eigenvalue weighted by Gasteiger charge is -2.28. The number of nitrogens with zero attached hydrogens (tertiary/aromatic N) is 3. The Balaban J connectivity index is 1.28. The quantitative estimate of drug-likeness (QED) is 0.179. The summed E-state index contributed by atoms with van der Waals surface area (Å²) >= 11 is 0. The second kappa shape index (κ2) is 11.9. The van der Waals surface area contributed by atoms with Crippen LogP contribution < -0.4 is 4.90 Å². The Morgan fingerprint density at radius 1 is 0.490 bits per heavy atom. The molecule has 0 aliphatic rings. The molecule has 4 nitrogen and oxygen atoms in total. The van der Waals surface area contributed by atoms with Crippen LogP contribution in [-0.4, -0.2) is 9.55 Å². The first-order chi connectivity index (χ1) is 25.3. The van der Waals surface area contributed by atoms with Gasteiger partial charge in [0.05, 0.1) is 22.4 Å². The lowest BCUT2D eigenvalue weighted by Crippen LogP contribution is -2.11. The topological polar surface area (TPSA) is 34.2 Å². The zero-order valence-electron chi connectivity index (χ0n) is 27.6. The van der Waals surface area contributed by atoms with Crippen LogP contribution in [0.25, 0.3) is 71.9 Å². The van der Waals surface area contributed by atoms with Crippen molar-refractivity contribution in [1.82, 2.24) is 9.55 Å². The molecular formula is C47H31N3O. The van der Waals surface area contributed by atoms with E-state index in [4.69, 9.17) is 9.40 Å². The van der Waals surface area contributed by atoms with E-state index in [1.807, 2.05) is 36.4 Å². The van der Waals surface area contributed by atoms with Gasteiger partial charge in [-0.1, -0.05) is 127 Å². The number of para-hydroxylation sites is 3. The van der Waals surface area contributed by atoms with Crippen molar-refractivity contribution in [3.05, 3.63) is 188 Å². The van der Waals surface area contributed by atoms with Crippen molar-refractivity contribution in [3.63, 3.8) is 0 Å². The molecular weight excluding hydrogens is 623 g/mol. The van der Waals surface area contributed by atoms with E-state index in [0.29, 0.717) is 5.89 Å². The zero-order valence-corrected chi connectivity index (χ0v) is 27.6. The van der Waals surface area contributed by atoms with Gasteiger partial charge in [0.25, 0.3) is 0 Å². The van der Waals surface area contributed by atoms with Gasteiger partial charge >= 0.3 is 0 Å². The second-order valence-electron chi connectivity index (χ2n) is 12.8. The third-order valence-corrected chi connectivity index (χ3v) is 9.80. The summed E-state index contributed by atoms with van der Waals surface area (Å²) in [7, 11) is 0. The first-order valence-corrected chi connectivity index (χ1v) is 17.2. The molecule has 0 amide bonds. The first kappa shape index (κ1) is 29.0. The summed E-state index contributed by atoms with van der Waals surface area (Å²) in [5.74, 6) is 0.598. The number of rotatable bonds is 6. The van der Waals surface area contributed by atoms with E-state index in [1.165, 1.54) is 27.1 Å². The smallest absolute Gasteiger partial charge is 0.227 e. The Labute approximate surface area is 295 Å². The third kappa shape index (κ3) is 4.80. The van der Waals surface area contributed by atoms with E-state index in [-0.39, 0.29) is 0 Å². The van der Waals surface area contributed by atoms with Gasteiger partial charge in [-0.15, -0.1) is 0 Å². The second-order valence-corrected chi connectivity index (χ2v) is 12.8. The maximum Gasteiger partial charge on any atom is 0.227 e. The van der Waals surface area contributed by atoms with Crippen molar-refractivity contribution in [2.24, 2.45) is 0 Å². The van der Waals surface area contributed by atoms with Crippen LogP contribution in [0.2, 0.25) is 0 Å². The maximum atomic E-state index is 6.67. The average Bonchev–Trinajstić information content (AvgIpc) is 3.79. The molecule has 0 radical (unpaired) electrons. The molecule has 51 heavy (non-hydrogen) atoms. The molecule has 2 heterocycles. The number of anilines is 3. The van der Waals surface area contributed by atoms with Gasteiger partial charge in [-0.25, -0.2) is 4.98 Å². The van der Waals surface area contributed by atoms with Gasteiger partial charge in [0, 0.05) is 33.3 Å². The third-order valence-electron chi connectivity index (χ3n) is 9.80. The Morgan fingerprint density at radius 2 is 1.18 bits per heavy atom. The standard InChI is InChI=1S/C47H31N3O/c1-4-15-32(16-5-1)37-22-12-13-25-41(37)50(43-26-14-24-40-46(43)51-47(48-40)34-18-6-2-7-19-34)36-28-29-39-44(31-36)49(35-20-8-3-9-21-35)42-30-27-33-17-10-11-23-38(33)45(39)42/h1-31H. The summed E-state index contributed by atoms with van der Waals surface area (Å²) in [6.45, 7) is 0. The minimum Gasteiger partial charge on any atom is -0.434 e. The van der Waals surface area contributed by atoms with E-state index in [0.717, 1.165) is 56.1 Å². The van der Waals surface area contributed by atoms with Gasteiger partial charge in [0.15, 0.2) is 5.58 Å². The SMILES string of the molecule is c1ccc(-c2nc3cccc(N(c4ccc5c6c7ccccc7ccc6n(-c6ccccc6)c5c4)c4ccccc4-c4ccccc4)c3o2)cc1. The van der Waals surface area contributed by atoms with Gasteiger partial charge in [-0.05, 0) is 77.0 Å². The molecule has 0 aliphatic carbocycles. The van der Waals surface area contributed by atoms with E-state index >= 15 is 0 Å². The van der Waals surface area contributed by atoms with Crippen LogP contribution in [0, 0.1) is 0 Å². The highest BCUT2D eigenvalue weighted by Gasteiger charge is 2.24. The van der Waals surface area contributed by atoms with Gasteiger partial charge in [0.1, 0.15) is 5.52 Å². The number of aromatic nitrogens is 2. The van der Waals surface area contributed by atoms with Crippen molar-refractivity contribution in [2.45, 2.75) is 0 Å². The molecule has 8 aromatic carbocycles. The predicted molar refractivity (Wildman–Crippen MR) is 211 cm³/mol. The van der Waals surface area contributed by atoms with Gasteiger partial charge in [0.2, 0.25) is 5.89 Å². The fraction of sp³-hybridized carbons (Fsp3) is 0. The molecule has 0 atom stereocenters. The number of fused-ring (bicyclic) bond motifs is 6. The molecule has 0 N–H and O–H groups in total. The normalized spacial score (nSPS) is 11.5. The Kier molecular flexibility index (Phi) is 6.78. The molecule has 10 aromatic rings. The highest BCUT2D eigenvalue weighted by molar-refractivity contribution is 6.22. The van der Waals surface area contributed by atoms with Crippen molar-refractivity contribution in [3.8, 4) is 28.3 Å². The minimum atomic E-state index is 0.598. The van der Waals surface area contributed by atoms with Crippen LogP contribution in [0.4, 0.5) is 17.1 Å². The fourth-order valence-corrected chi connectivity index (χ4v) is 7.52. The van der Waals surface area contributed by atoms with Crippen molar-refractivity contribution < 1.29 is 4.42 Å². The monoisotopic (exact) mass is 653 g/mol. The van der Waals surface area contributed by atoms with Gasteiger partial charge in [-0.3, -0.25) is 0 Å². The molecule has 10 rings (SSSR count).